The molecule has 0 aliphatic carbocycles. The number of hydrogen-bond acceptors (Lipinski definition) is 6. The SMILES string of the molecule is CCS(=O)(=O)N1CCC[C@@H](Cn2nnc(-c3ccccn3)n2)C1. The maximum absolute atomic E-state index is 12.0. The van der Waals surface area contributed by atoms with Crippen LogP contribution in [0.15, 0.2) is 24.4 Å². The molecule has 0 aromatic carbocycles. The monoisotopic (exact) mass is 336 g/mol. The highest BCUT2D eigenvalue weighted by Gasteiger charge is 2.28. The van der Waals surface area contributed by atoms with Crippen LogP contribution in [0.25, 0.3) is 11.5 Å². The first-order valence-corrected chi connectivity index (χ1v) is 9.36. The van der Waals surface area contributed by atoms with Crippen LogP contribution in [0.5, 0.6) is 0 Å². The first kappa shape index (κ1) is 16.0. The van der Waals surface area contributed by atoms with Gasteiger partial charge in [0, 0.05) is 19.3 Å². The second-order valence-electron chi connectivity index (χ2n) is 5.65. The van der Waals surface area contributed by atoms with Gasteiger partial charge >= 0.3 is 0 Å². The molecule has 1 atom stereocenters. The predicted octanol–water partition coefficient (Wildman–Crippen LogP) is 0.797. The molecule has 8 nitrogen and oxygen atoms in total. The highest BCUT2D eigenvalue weighted by atomic mass is 32.2. The van der Waals surface area contributed by atoms with Crippen LogP contribution in [0.2, 0.25) is 0 Å². The Hall–Kier alpha value is -1.87. The lowest BCUT2D eigenvalue weighted by atomic mass is 10.00. The highest BCUT2D eigenvalue weighted by molar-refractivity contribution is 7.89. The van der Waals surface area contributed by atoms with Gasteiger partial charge in [0.1, 0.15) is 5.69 Å². The van der Waals surface area contributed by atoms with Crippen molar-refractivity contribution in [3.05, 3.63) is 24.4 Å². The van der Waals surface area contributed by atoms with E-state index in [1.807, 2.05) is 18.2 Å². The second-order valence-corrected chi connectivity index (χ2v) is 7.91. The molecular formula is C14H20N6O2S. The lowest BCUT2D eigenvalue weighted by Gasteiger charge is -2.31. The van der Waals surface area contributed by atoms with E-state index in [-0.39, 0.29) is 11.7 Å². The fourth-order valence-corrected chi connectivity index (χ4v) is 3.97. The minimum Gasteiger partial charge on any atom is -0.253 e. The van der Waals surface area contributed by atoms with Crippen LogP contribution < -0.4 is 0 Å². The van der Waals surface area contributed by atoms with Crippen LogP contribution in [-0.4, -0.2) is 56.8 Å². The Morgan fingerprint density at radius 3 is 2.96 bits per heavy atom. The molecule has 0 N–H and O–H groups in total. The van der Waals surface area contributed by atoms with Crippen molar-refractivity contribution >= 4 is 10.0 Å². The molecule has 0 amide bonds. The van der Waals surface area contributed by atoms with Crippen molar-refractivity contribution in [3.8, 4) is 11.5 Å². The average Bonchev–Trinajstić information content (AvgIpc) is 3.04. The highest BCUT2D eigenvalue weighted by Crippen LogP contribution is 2.20. The molecule has 1 saturated heterocycles. The van der Waals surface area contributed by atoms with Gasteiger partial charge in [-0.3, -0.25) is 4.98 Å². The van der Waals surface area contributed by atoms with Crippen molar-refractivity contribution < 1.29 is 8.42 Å². The number of piperidine rings is 1. The number of tetrazole rings is 1. The molecule has 124 valence electrons. The third-order valence-corrected chi connectivity index (χ3v) is 5.86. The summed E-state index contributed by atoms with van der Waals surface area (Å²) >= 11 is 0. The molecule has 3 heterocycles. The van der Waals surface area contributed by atoms with E-state index in [4.69, 9.17) is 0 Å². The predicted molar refractivity (Wildman–Crippen MR) is 84.8 cm³/mol. The summed E-state index contributed by atoms with van der Waals surface area (Å²) < 4.78 is 25.6. The zero-order valence-electron chi connectivity index (χ0n) is 13.0. The number of rotatable bonds is 5. The molecule has 0 bridgehead atoms. The van der Waals surface area contributed by atoms with Gasteiger partial charge in [-0.15, -0.1) is 10.2 Å². The van der Waals surface area contributed by atoms with Crippen molar-refractivity contribution in [2.75, 3.05) is 18.8 Å². The van der Waals surface area contributed by atoms with Crippen molar-refractivity contribution in [1.29, 1.82) is 0 Å². The Balaban J connectivity index is 1.67. The van der Waals surface area contributed by atoms with Gasteiger partial charge in [-0.2, -0.15) is 4.80 Å². The van der Waals surface area contributed by atoms with E-state index in [0.29, 0.717) is 31.2 Å². The van der Waals surface area contributed by atoms with Gasteiger partial charge in [-0.1, -0.05) is 6.07 Å². The largest absolute Gasteiger partial charge is 0.253 e. The van der Waals surface area contributed by atoms with E-state index in [2.05, 4.69) is 20.4 Å². The fourth-order valence-electron chi connectivity index (χ4n) is 2.76. The Bertz CT molecular complexity index is 746. The summed E-state index contributed by atoms with van der Waals surface area (Å²) in [4.78, 5) is 5.74. The van der Waals surface area contributed by atoms with Crippen LogP contribution in [0.4, 0.5) is 0 Å². The van der Waals surface area contributed by atoms with E-state index in [9.17, 15) is 8.42 Å². The molecule has 2 aromatic rings. The zero-order chi connectivity index (χ0) is 16.3. The smallest absolute Gasteiger partial charge is 0.223 e. The third-order valence-electron chi connectivity index (χ3n) is 4.01. The molecule has 3 rings (SSSR count). The fraction of sp³-hybridized carbons (Fsp3) is 0.571. The zero-order valence-corrected chi connectivity index (χ0v) is 13.9. The van der Waals surface area contributed by atoms with E-state index >= 15 is 0 Å². The van der Waals surface area contributed by atoms with Gasteiger partial charge in [0.2, 0.25) is 15.8 Å². The van der Waals surface area contributed by atoms with Gasteiger partial charge < -0.3 is 0 Å². The van der Waals surface area contributed by atoms with E-state index in [1.165, 1.54) is 4.80 Å². The molecule has 1 fully saturated rings. The van der Waals surface area contributed by atoms with Crippen LogP contribution in [-0.2, 0) is 16.6 Å². The maximum Gasteiger partial charge on any atom is 0.223 e. The van der Waals surface area contributed by atoms with Gasteiger partial charge in [0.25, 0.3) is 0 Å². The average molecular weight is 336 g/mol. The maximum atomic E-state index is 12.0. The summed E-state index contributed by atoms with van der Waals surface area (Å²) in [6.45, 7) is 3.37. The van der Waals surface area contributed by atoms with Gasteiger partial charge in [0.05, 0.1) is 12.3 Å². The molecule has 0 radical (unpaired) electrons. The Morgan fingerprint density at radius 2 is 2.22 bits per heavy atom. The summed E-state index contributed by atoms with van der Waals surface area (Å²) in [5, 5.41) is 12.4. The van der Waals surface area contributed by atoms with E-state index in [1.54, 1.807) is 17.4 Å². The number of pyridine rings is 1. The van der Waals surface area contributed by atoms with Gasteiger partial charge in [0.15, 0.2) is 0 Å². The Morgan fingerprint density at radius 1 is 1.35 bits per heavy atom. The Labute approximate surface area is 135 Å². The molecular weight excluding hydrogens is 316 g/mol. The number of hydrogen-bond donors (Lipinski definition) is 0. The molecule has 0 saturated carbocycles. The number of sulfonamides is 1. The molecule has 0 spiro atoms. The summed E-state index contributed by atoms with van der Waals surface area (Å²) in [7, 11) is -3.13. The molecule has 23 heavy (non-hydrogen) atoms. The van der Waals surface area contributed by atoms with Crippen LogP contribution in [0.1, 0.15) is 19.8 Å². The van der Waals surface area contributed by atoms with Gasteiger partial charge in [-0.25, -0.2) is 12.7 Å². The van der Waals surface area contributed by atoms with Crippen molar-refractivity contribution in [2.45, 2.75) is 26.3 Å². The first-order valence-electron chi connectivity index (χ1n) is 7.75. The van der Waals surface area contributed by atoms with Crippen LogP contribution in [0, 0.1) is 5.92 Å². The Kier molecular flexibility index (Phi) is 4.67. The standard InChI is InChI=1S/C14H20N6O2S/c1-2-23(21,22)19-9-5-6-12(10-19)11-20-17-14(16-18-20)13-7-3-4-8-15-13/h3-4,7-8,12H,2,5-6,9-11H2,1H3/t12-/m1/s1. The summed E-state index contributed by atoms with van der Waals surface area (Å²) in [6, 6.07) is 5.54. The second kappa shape index (κ2) is 6.71. The summed E-state index contributed by atoms with van der Waals surface area (Å²) in [5.74, 6) is 0.834. The third kappa shape index (κ3) is 3.73. The topological polar surface area (TPSA) is 93.9 Å². The molecule has 1 aliphatic heterocycles. The molecule has 1 aliphatic rings. The summed E-state index contributed by atoms with van der Waals surface area (Å²) in [6.07, 6.45) is 3.52. The minimum atomic E-state index is -3.13. The molecule has 9 heteroatoms. The quantitative estimate of drug-likeness (QED) is 0.801. The normalized spacial score (nSPS) is 19.8. The molecule has 0 unspecified atom stereocenters. The minimum absolute atomic E-state index is 0.144. The van der Waals surface area contributed by atoms with Crippen molar-refractivity contribution in [1.82, 2.24) is 29.5 Å². The van der Waals surface area contributed by atoms with E-state index < -0.39 is 10.0 Å². The first-order chi connectivity index (χ1) is 11.1. The van der Waals surface area contributed by atoms with Gasteiger partial charge in [-0.05, 0) is 43.0 Å². The summed E-state index contributed by atoms with van der Waals surface area (Å²) in [5.41, 5.74) is 0.678. The molecule has 2 aromatic heterocycles. The lowest BCUT2D eigenvalue weighted by Crippen LogP contribution is -2.41. The number of aromatic nitrogens is 5. The number of nitrogens with zero attached hydrogens (tertiary/aromatic N) is 6. The lowest BCUT2D eigenvalue weighted by molar-refractivity contribution is 0.231. The van der Waals surface area contributed by atoms with Crippen LogP contribution in [0.3, 0.4) is 0 Å². The van der Waals surface area contributed by atoms with Crippen LogP contribution >= 0.6 is 0 Å². The van der Waals surface area contributed by atoms with E-state index in [0.717, 1.165) is 12.8 Å². The van der Waals surface area contributed by atoms with Crippen molar-refractivity contribution in [2.24, 2.45) is 5.92 Å². The van der Waals surface area contributed by atoms with Crippen molar-refractivity contribution in [3.63, 3.8) is 0 Å².